The standard InChI is InChI=1S/C14H15IN2O4S/c15-9-14(18)17(8-7-16)12-5-1-4-11-10(12)3-2-6-13(11)22(19,20)21/h1-6H,7-9,16H2,(H,19,20,21). The maximum absolute atomic E-state index is 12.1. The number of carbonyl (C=O) groups excluding carboxylic acids is 1. The number of anilines is 1. The third kappa shape index (κ3) is 3.40. The number of hydrogen-bond donors (Lipinski definition) is 2. The van der Waals surface area contributed by atoms with E-state index >= 15 is 0 Å². The van der Waals surface area contributed by atoms with Gasteiger partial charge in [0.1, 0.15) is 4.90 Å². The van der Waals surface area contributed by atoms with Crippen molar-refractivity contribution in [1.82, 2.24) is 0 Å². The van der Waals surface area contributed by atoms with Gasteiger partial charge in [0.15, 0.2) is 0 Å². The summed E-state index contributed by atoms with van der Waals surface area (Å²) in [6, 6.07) is 9.55. The van der Waals surface area contributed by atoms with Gasteiger partial charge in [-0.15, -0.1) is 0 Å². The van der Waals surface area contributed by atoms with Crippen LogP contribution in [0.1, 0.15) is 0 Å². The number of rotatable bonds is 5. The van der Waals surface area contributed by atoms with Gasteiger partial charge in [0, 0.05) is 23.9 Å². The average molecular weight is 434 g/mol. The molecule has 3 N–H and O–H groups in total. The van der Waals surface area contributed by atoms with Crippen molar-refractivity contribution in [2.45, 2.75) is 4.90 Å². The fourth-order valence-corrected chi connectivity index (χ4v) is 3.42. The van der Waals surface area contributed by atoms with Crippen molar-refractivity contribution in [1.29, 1.82) is 0 Å². The summed E-state index contributed by atoms with van der Waals surface area (Å²) in [5.74, 6) is -0.115. The number of amides is 1. The number of carbonyl (C=O) groups is 1. The summed E-state index contributed by atoms with van der Waals surface area (Å²) in [6.45, 7) is 0.619. The third-order valence-corrected chi connectivity index (χ3v) is 4.76. The van der Waals surface area contributed by atoms with Gasteiger partial charge in [-0.3, -0.25) is 9.35 Å². The Balaban J connectivity index is 2.73. The quantitative estimate of drug-likeness (QED) is 0.425. The molecule has 0 heterocycles. The van der Waals surface area contributed by atoms with E-state index in [0.717, 1.165) is 0 Å². The summed E-state index contributed by atoms with van der Waals surface area (Å²) >= 11 is 1.97. The molecular formula is C14H15IN2O4S. The van der Waals surface area contributed by atoms with Crippen LogP contribution in [-0.4, -0.2) is 36.4 Å². The molecule has 0 aliphatic rings. The van der Waals surface area contributed by atoms with Crippen LogP contribution < -0.4 is 10.6 Å². The van der Waals surface area contributed by atoms with Crippen LogP contribution in [0.25, 0.3) is 10.8 Å². The molecule has 0 aliphatic heterocycles. The van der Waals surface area contributed by atoms with Crippen LogP contribution in [0, 0.1) is 0 Å². The zero-order valence-corrected chi connectivity index (χ0v) is 14.5. The third-order valence-electron chi connectivity index (χ3n) is 3.20. The predicted octanol–water partition coefficient (Wildman–Crippen LogP) is 1.81. The molecule has 0 unspecified atom stereocenters. The Morgan fingerprint density at radius 1 is 1.18 bits per heavy atom. The second-order valence-corrected chi connectivity index (χ2v) is 6.72. The minimum absolute atomic E-state index is 0.115. The van der Waals surface area contributed by atoms with Crippen molar-refractivity contribution in [2.75, 3.05) is 22.4 Å². The molecule has 0 fully saturated rings. The second-order valence-electron chi connectivity index (χ2n) is 4.57. The Labute approximate surface area is 142 Å². The summed E-state index contributed by atoms with van der Waals surface area (Å²) in [7, 11) is -4.34. The van der Waals surface area contributed by atoms with E-state index in [1.807, 2.05) is 22.6 Å². The normalized spacial score (nSPS) is 11.6. The lowest BCUT2D eigenvalue weighted by molar-refractivity contribution is -0.115. The highest BCUT2D eigenvalue weighted by Gasteiger charge is 2.19. The minimum Gasteiger partial charge on any atom is -0.329 e. The first-order chi connectivity index (χ1) is 10.4. The molecule has 22 heavy (non-hydrogen) atoms. The van der Waals surface area contributed by atoms with Gasteiger partial charge in [0.05, 0.1) is 10.1 Å². The highest BCUT2D eigenvalue weighted by Crippen LogP contribution is 2.31. The van der Waals surface area contributed by atoms with Crippen molar-refractivity contribution in [3.63, 3.8) is 0 Å². The van der Waals surface area contributed by atoms with Crippen LogP contribution in [0.4, 0.5) is 5.69 Å². The van der Waals surface area contributed by atoms with Gasteiger partial charge in [-0.2, -0.15) is 8.42 Å². The van der Waals surface area contributed by atoms with Crippen molar-refractivity contribution in [3.8, 4) is 0 Å². The van der Waals surface area contributed by atoms with Gasteiger partial charge < -0.3 is 10.6 Å². The summed E-state index contributed by atoms with van der Waals surface area (Å²) in [4.78, 5) is 13.5. The van der Waals surface area contributed by atoms with Crippen molar-refractivity contribution in [2.24, 2.45) is 5.73 Å². The van der Waals surface area contributed by atoms with E-state index in [4.69, 9.17) is 5.73 Å². The number of nitrogens with zero attached hydrogens (tertiary/aromatic N) is 1. The molecule has 0 saturated heterocycles. The lowest BCUT2D eigenvalue weighted by Gasteiger charge is -2.23. The number of fused-ring (bicyclic) bond motifs is 1. The Bertz CT molecular complexity index is 808. The Morgan fingerprint density at radius 2 is 1.82 bits per heavy atom. The number of nitrogens with two attached hydrogens (primary N) is 1. The summed E-state index contributed by atoms with van der Waals surface area (Å²) in [6.07, 6.45) is 0. The Morgan fingerprint density at radius 3 is 2.41 bits per heavy atom. The maximum atomic E-state index is 12.1. The van der Waals surface area contributed by atoms with E-state index in [9.17, 15) is 17.8 Å². The van der Waals surface area contributed by atoms with Gasteiger partial charge in [0.2, 0.25) is 5.91 Å². The first kappa shape index (κ1) is 17.1. The highest BCUT2D eigenvalue weighted by molar-refractivity contribution is 14.1. The van der Waals surface area contributed by atoms with Crippen molar-refractivity contribution < 1.29 is 17.8 Å². The van der Waals surface area contributed by atoms with Crippen molar-refractivity contribution in [3.05, 3.63) is 36.4 Å². The molecule has 0 aliphatic carbocycles. The molecule has 2 aromatic rings. The second kappa shape index (κ2) is 6.90. The fraction of sp³-hybridized carbons (Fsp3) is 0.214. The number of hydrogen-bond acceptors (Lipinski definition) is 4. The molecule has 118 valence electrons. The van der Waals surface area contributed by atoms with Gasteiger partial charge in [-0.1, -0.05) is 46.9 Å². The van der Waals surface area contributed by atoms with Crippen LogP contribution in [0.3, 0.4) is 0 Å². The lowest BCUT2D eigenvalue weighted by Crippen LogP contribution is -2.36. The number of benzene rings is 2. The lowest BCUT2D eigenvalue weighted by atomic mass is 10.1. The van der Waals surface area contributed by atoms with Crippen LogP contribution in [0.5, 0.6) is 0 Å². The van der Waals surface area contributed by atoms with Gasteiger partial charge in [0.25, 0.3) is 10.1 Å². The molecule has 2 aromatic carbocycles. The topological polar surface area (TPSA) is 101 Å². The molecule has 1 amide bonds. The molecule has 6 nitrogen and oxygen atoms in total. The van der Waals surface area contributed by atoms with Crippen LogP contribution in [-0.2, 0) is 14.9 Å². The first-order valence-corrected chi connectivity index (χ1v) is 9.42. The molecule has 0 radical (unpaired) electrons. The van der Waals surface area contributed by atoms with E-state index < -0.39 is 10.1 Å². The molecular weight excluding hydrogens is 419 g/mol. The summed E-state index contributed by atoms with van der Waals surface area (Å²) in [5.41, 5.74) is 6.15. The van der Waals surface area contributed by atoms with E-state index in [-0.39, 0.29) is 21.8 Å². The molecule has 2 rings (SSSR count). The Hall–Kier alpha value is -1.23. The van der Waals surface area contributed by atoms with Crippen molar-refractivity contribution >= 4 is 55.1 Å². The van der Waals surface area contributed by atoms with E-state index in [1.54, 1.807) is 24.3 Å². The highest BCUT2D eigenvalue weighted by atomic mass is 127. The van der Waals surface area contributed by atoms with Crippen LogP contribution in [0.2, 0.25) is 0 Å². The minimum atomic E-state index is -4.34. The molecule has 8 heteroatoms. The smallest absolute Gasteiger partial charge is 0.295 e. The van der Waals surface area contributed by atoms with E-state index in [0.29, 0.717) is 23.0 Å². The number of alkyl halides is 1. The van der Waals surface area contributed by atoms with Crippen LogP contribution >= 0.6 is 22.6 Å². The maximum Gasteiger partial charge on any atom is 0.295 e. The Kier molecular flexibility index (Phi) is 5.37. The molecule has 0 saturated carbocycles. The zero-order chi connectivity index (χ0) is 16.3. The van der Waals surface area contributed by atoms with Gasteiger partial charge in [-0.05, 0) is 12.1 Å². The fourth-order valence-electron chi connectivity index (χ4n) is 2.31. The first-order valence-electron chi connectivity index (χ1n) is 6.45. The zero-order valence-electron chi connectivity index (χ0n) is 11.6. The molecule has 0 aromatic heterocycles. The predicted molar refractivity (Wildman–Crippen MR) is 94.1 cm³/mol. The monoisotopic (exact) mass is 434 g/mol. The largest absolute Gasteiger partial charge is 0.329 e. The SMILES string of the molecule is NCCN(C(=O)CI)c1cccc2c(S(=O)(=O)O)cccc12. The van der Waals surface area contributed by atoms with E-state index in [2.05, 4.69) is 0 Å². The van der Waals surface area contributed by atoms with Crippen LogP contribution in [0.15, 0.2) is 41.3 Å². The van der Waals surface area contributed by atoms with E-state index in [1.165, 1.54) is 17.0 Å². The van der Waals surface area contributed by atoms with Gasteiger partial charge >= 0.3 is 0 Å². The average Bonchev–Trinajstić information content (AvgIpc) is 2.50. The molecule has 0 spiro atoms. The molecule has 0 atom stereocenters. The summed E-state index contributed by atoms with van der Waals surface area (Å²) in [5, 5.41) is 0.940. The molecule has 0 bridgehead atoms. The number of halogens is 1. The summed E-state index contributed by atoms with van der Waals surface area (Å²) < 4.78 is 32.6. The van der Waals surface area contributed by atoms with Gasteiger partial charge in [-0.25, -0.2) is 0 Å².